The van der Waals surface area contributed by atoms with Crippen LogP contribution in [0, 0.1) is 12.7 Å². The summed E-state index contributed by atoms with van der Waals surface area (Å²) in [5.74, 6) is -0.351. The van der Waals surface area contributed by atoms with E-state index >= 15 is 0 Å². The zero-order chi connectivity index (χ0) is 20.8. The Balaban J connectivity index is 2.00. The molecule has 4 aromatic rings. The molecule has 0 spiro atoms. The Morgan fingerprint density at radius 3 is 2.24 bits per heavy atom. The average molecular weight is 411 g/mol. The number of benzene rings is 2. The summed E-state index contributed by atoms with van der Waals surface area (Å²) in [5, 5.41) is 14.2. The van der Waals surface area contributed by atoms with E-state index in [9.17, 15) is 17.9 Å². The molecule has 4 rings (SSSR count). The van der Waals surface area contributed by atoms with Crippen molar-refractivity contribution < 1.29 is 17.9 Å². The highest BCUT2D eigenvalue weighted by molar-refractivity contribution is 7.90. The number of rotatable bonds is 4. The molecule has 0 saturated heterocycles. The third-order valence-corrected chi connectivity index (χ3v) is 5.97. The molecule has 148 valence electrons. The Bertz CT molecular complexity index is 1310. The number of aliphatic hydroxyl groups excluding tert-OH is 1. The van der Waals surface area contributed by atoms with Crippen molar-refractivity contribution in [1.82, 2.24) is 14.6 Å². The number of fused-ring (bicyclic) bond motifs is 1. The number of aliphatic hydroxyl groups is 1. The summed E-state index contributed by atoms with van der Waals surface area (Å²) in [7, 11) is -3.32. The summed E-state index contributed by atoms with van der Waals surface area (Å²) in [6, 6.07) is 12.5. The van der Waals surface area contributed by atoms with E-state index in [1.807, 2.05) is 6.92 Å². The quantitative estimate of drug-likeness (QED) is 0.556. The zero-order valence-corrected chi connectivity index (χ0v) is 16.6. The molecule has 0 aliphatic heterocycles. The van der Waals surface area contributed by atoms with Crippen LogP contribution >= 0.6 is 0 Å². The minimum Gasteiger partial charge on any atom is -0.392 e. The minimum absolute atomic E-state index is 0.168. The van der Waals surface area contributed by atoms with Crippen LogP contribution in [0.2, 0.25) is 0 Å². The standard InChI is InChI=1S/C21H18FN3O3S/c1-13-16(12-26)11-23-21-19(14-3-7-17(22)8-4-14)20(24-25(13)21)15-5-9-18(10-6-15)29(2,27)28/h3-11,26H,12H2,1-2H3. The monoisotopic (exact) mass is 411 g/mol. The van der Waals surface area contributed by atoms with Crippen LogP contribution in [0.1, 0.15) is 11.3 Å². The predicted octanol–water partition coefficient (Wildman–Crippen LogP) is 3.41. The summed E-state index contributed by atoms with van der Waals surface area (Å²) >= 11 is 0. The molecule has 0 atom stereocenters. The second-order valence-corrected chi connectivity index (χ2v) is 8.81. The fourth-order valence-corrected chi connectivity index (χ4v) is 3.86. The Labute approximate surface area is 167 Å². The smallest absolute Gasteiger partial charge is 0.175 e. The van der Waals surface area contributed by atoms with Gasteiger partial charge in [-0.1, -0.05) is 24.3 Å². The zero-order valence-electron chi connectivity index (χ0n) is 15.8. The topological polar surface area (TPSA) is 84.6 Å². The van der Waals surface area contributed by atoms with E-state index in [0.717, 1.165) is 17.5 Å². The van der Waals surface area contributed by atoms with E-state index in [4.69, 9.17) is 0 Å². The third kappa shape index (κ3) is 3.41. The molecule has 0 radical (unpaired) electrons. The fraction of sp³-hybridized carbons (Fsp3) is 0.143. The predicted molar refractivity (Wildman–Crippen MR) is 108 cm³/mol. The van der Waals surface area contributed by atoms with Gasteiger partial charge in [0.15, 0.2) is 15.5 Å². The summed E-state index contributed by atoms with van der Waals surface area (Å²) in [6.45, 7) is 1.66. The van der Waals surface area contributed by atoms with Crippen LogP contribution < -0.4 is 0 Å². The van der Waals surface area contributed by atoms with Crippen LogP contribution in [0.3, 0.4) is 0 Å². The number of halogens is 1. The molecule has 0 unspecified atom stereocenters. The van der Waals surface area contributed by atoms with E-state index in [0.29, 0.717) is 28.0 Å². The maximum atomic E-state index is 13.5. The van der Waals surface area contributed by atoms with Crippen molar-refractivity contribution >= 4 is 15.5 Å². The second-order valence-electron chi connectivity index (χ2n) is 6.79. The third-order valence-electron chi connectivity index (χ3n) is 4.85. The molecule has 0 amide bonds. The summed E-state index contributed by atoms with van der Waals surface area (Å²) in [4.78, 5) is 4.68. The van der Waals surface area contributed by atoms with Crippen molar-refractivity contribution in [2.45, 2.75) is 18.4 Å². The van der Waals surface area contributed by atoms with Crippen molar-refractivity contribution in [3.05, 3.63) is 71.8 Å². The largest absolute Gasteiger partial charge is 0.392 e. The van der Waals surface area contributed by atoms with Gasteiger partial charge in [-0.3, -0.25) is 0 Å². The Morgan fingerprint density at radius 2 is 1.66 bits per heavy atom. The number of nitrogens with zero attached hydrogens (tertiary/aromatic N) is 3. The number of hydrogen-bond acceptors (Lipinski definition) is 5. The first-order chi connectivity index (χ1) is 13.8. The number of sulfone groups is 1. The lowest BCUT2D eigenvalue weighted by molar-refractivity contribution is 0.279. The lowest BCUT2D eigenvalue weighted by Gasteiger charge is -2.06. The van der Waals surface area contributed by atoms with Crippen LogP contribution in [-0.4, -0.2) is 34.4 Å². The van der Waals surface area contributed by atoms with Crippen molar-refractivity contribution in [2.75, 3.05) is 6.26 Å². The maximum absolute atomic E-state index is 13.5. The summed E-state index contributed by atoms with van der Waals surface area (Å²) in [6.07, 6.45) is 2.75. The van der Waals surface area contributed by atoms with Crippen molar-refractivity contribution in [3.8, 4) is 22.4 Å². The van der Waals surface area contributed by atoms with Crippen LogP contribution in [0.15, 0.2) is 59.6 Å². The SMILES string of the molecule is Cc1c(CO)cnc2c(-c3ccc(F)cc3)c(-c3ccc(S(C)(=O)=O)cc3)nn12. The van der Waals surface area contributed by atoms with Crippen LogP contribution in [0.5, 0.6) is 0 Å². The van der Waals surface area contributed by atoms with Crippen LogP contribution in [0.25, 0.3) is 28.0 Å². The Kier molecular flexibility index (Phi) is 4.68. The molecule has 0 saturated carbocycles. The van der Waals surface area contributed by atoms with Gasteiger partial charge >= 0.3 is 0 Å². The van der Waals surface area contributed by atoms with E-state index < -0.39 is 9.84 Å². The highest BCUT2D eigenvalue weighted by Gasteiger charge is 2.20. The van der Waals surface area contributed by atoms with Gasteiger partial charge in [0.1, 0.15) is 11.5 Å². The molecule has 8 heteroatoms. The van der Waals surface area contributed by atoms with Gasteiger partial charge in [-0.2, -0.15) is 5.10 Å². The molecule has 0 bridgehead atoms. The summed E-state index contributed by atoms with van der Waals surface area (Å²) in [5.41, 5.74) is 4.66. The van der Waals surface area contributed by atoms with Gasteiger partial charge in [0.05, 0.1) is 17.1 Å². The van der Waals surface area contributed by atoms with Gasteiger partial charge in [0.2, 0.25) is 0 Å². The summed E-state index contributed by atoms with van der Waals surface area (Å²) < 4.78 is 38.6. The second kappa shape index (κ2) is 7.06. The number of aryl methyl sites for hydroxylation is 1. The molecular weight excluding hydrogens is 393 g/mol. The maximum Gasteiger partial charge on any atom is 0.175 e. The van der Waals surface area contributed by atoms with Crippen molar-refractivity contribution in [1.29, 1.82) is 0 Å². The van der Waals surface area contributed by atoms with Gasteiger partial charge in [0.25, 0.3) is 0 Å². The highest BCUT2D eigenvalue weighted by atomic mass is 32.2. The van der Waals surface area contributed by atoms with Crippen molar-refractivity contribution in [3.63, 3.8) is 0 Å². The number of hydrogen-bond donors (Lipinski definition) is 1. The molecule has 1 N–H and O–H groups in total. The molecule has 29 heavy (non-hydrogen) atoms. The lowest BCUT2D eigenvalue weighted by Crippen LogP contribution is -2.01. The Morgan fingerprint density at radius 1 is 1.03 bits per heavy atom. The van der Waals surface area contributed by atoms with Gasteiger partial charge in [-0.25, -0.2) is 22.3 Å². The van der Waals surface area contributed by atoms with Gasteiger partial charge < -0.3 is 5.11 Å². The minimum atomic E-state index is -3.32. The average Bonchev–Trinajstić information content (AvgIpc) is 3.09. The Hall–Kier alpha value is -3.10. The van der Waals surface area contributed by atoms with Gasteiger partial charge in [-0.15, -0.1) is 0 Å². The van der Waals surface area contributed by atoms with Gasteiger partial charge in [-0.05, 0) is 36.8 Å². The lowest BCUT2D eigenvalue weighted by atomic mass is 10.0. The molecule has 2 heterocycles. The first kappa shape index (κ1) is 19.2. The molecule has 0 aliphatic rings. The number of aromatic nitrogens is 3. The van der Waals surface area contributed by atoms with Crippen LogP contribution in [0.4, 0.5) is 4.39 Å². The molecule has 0 aliphatic carbocycles. The molecule has 2 aromatic carbocycles. The van der Waals surface area contributed by atoms with Gasteiger partial charge in [0, 0.05) is 29.3 Å². The van der Waals surface area contributed by atoms with E-state index in [1.54, 1.807) is 35.0 Å². The van der Waals surface area contributed by atoms with E-state index in [1.165, 1.54) is 24.3 Å². The first-order valence-corrected chi connectivity index (χ1v) is 10.7. The van der Waals surface area contributed by atoms with E-state index in [2.05, 4.69) is 10.1 Å². The normalized spacial score (nSPS) is 11.9. The molecule has 6 nitrogen and oxygen atoms in total. The molecule has 2 aromatic heterocycles. The van der Waals surface area contributed by atoms with E-state index in [-0.39, 0.29) is 17.3 Å². The molecular formula is C21H18FN3O3S. The van der Waals surface area contributed by atoms with Crippen molar-refractivity contribution in [2.24, 2.45) is 0 Å². The first-order valence-electron chi connectivity index (χ1n) is 8.84. The molecule has 0 fully saturated rings. The highest BCUT2D eigenvalue weighted by Crippen LogP contribution is 2.35. The fourth-order valence-electron chi connectivity index (χ4n) is 3.23. The van der Waals surface area contributed by atoms with Crippen LogP contribution in [-0.2, 0) is 16.4 Å².